The number of aryl methyl sites for hydroxylation is 1. The molecule has 2 aromatic heterocycles. The molecule has 0 aliphatic rings. The first-order valence-electron chi connectivity index (χ1n) is 7.54. The number of rotatable bonds is 6. The normalized spacial score (nSPS) is 12.1. The summed E-state index contributed by atoms with van der Waals surface area (Å²) in [6, 6.07) is 10.6. The van der Waals surface area contributed by atoms with E-state index in [4.69, 9.17) is 20.1 Å². The first-order chi connectivity index (χ1) is 11.6. The molecule has 1 atom stereocenters. The van der Waals surface area contributed by atoms with Crippen LogP contribution in [0.25, 0.3) is 11.4 Å². The van der Waals surface area contributed by atoms with Crippen molar-refractivity contribution in [1.82, 2.24) is 15.1 Å². The van der Waals surface area contributed by atoms with Crippen LogP contribution in [0.2, 0.25) is 0 Å². The van der Waals surface area contributed by atoms with Gasteiger partial charge in [0, 0.05) is 30.3 Å². The Morgan fingerprint density at radius 2 is 2.00 bits per heavy atom. The lowest BCUT2D eigenvalue weighted by molar-refractivity contribution is 0.254. The zero-order valence-corrected chi connectivity index (χ0v) is 13.2. The van der Waals surface area contributed by atoms with Crippen LogP contribution in [0.1, 0.15) is 11.5 Å². The van der Waals surface area contributed by atoms with Crippen molar-refractivity contribution < 1.29 is 14.4 Å². The van der Waals surface area contributed by atoms with E-state index in [0.717, 1.165) is 11.1 Å². The number of nitrogens with two attached hydrogens (primary N) is 1. The number of aromatic nitrogens is 3. The molecule has 0 saturated carbocycles. The van der Waals surface area contributed by atoms with Gasteiger partial charge in [-0.2, -0.15) is 4.98 Å². The third-order valence-electron chi connectivity index (χ3n) is 3.36. The van der Waals surface area contributed by atoms with E-state index in [1.54, 1.807) is 6.20 Å². The van der Waals surface area contributed by atoms with Gasteiger partial charge in [0.2, 0.25) is 17.6 Å². The molecule has 0 spiro atoms. The van der Waals surface area contributed by atoms with E-state index in [1.165, 1.54) is 0 Å². The summed E-state index contributed by atoms with van der Waals surface area (Å²) in [7, 11) is 0. The first kappa shape index (κ1) is 16.1. The molecule has 3 aromatic rings. The van der Waals surface area contributed by atoms with E-state index in [-0.39, 0.29) is 6.61 Å². The zero-order chi connectivity index (χ0) is 16.9. The van der Waals surface area contributed by atoms with Crippen LogP contribution in [0, 0.1) is 6.92 Å². The summed E-state index contributed by atoms with van der Waals surface area (Å²) in [4.78, 5) is 8.47. The molecule has 2 heterocycles. The number of aliphatic hydroxyl groups is 1. The Hall–Kier alpha value is -2.77. The van der Waals surface area contributed by atoms with Gasteiger partial charge < -0.3 is 20.1 Å². The van der Waals surface area contributed by atoms with Crippen LogP contribution in [0.15, 0.2) is 47.1 Å². The largest absolute Gasteiger partial charge is 0.439 e. The summed E-state index contributed by atoms with van der Waals surface area (Å²) in [5.74, 6) is 2.07. The first-order valence-corrected chi connectivity index (χ1v) is 7.54. The molecular weight excluding hydrogens is 308 g/mol. The SMILES string of the molecule is Cc1ccc(Oc2ccc(-c3noc(C[C@H](N)CO)n3)cc2)nc1. The van der Waals surface area contributed by atoms with Crippen LogP contribution in [0.4, 0.5) is 0 Å². The molecule has 0 aliphatic carbocycles. The molecule has 0 fully saturated rings. The average molecular weight is 326 g/mol. The van der Waals surface area contributed by atoms with Crippen LogP contribution in [0.5, 0.6) is 11.6 Å². The number of benzene rings is 1. The number of ether oxygens (including phenoxy) is 1. The summed E-state index contributed by atoms with van der Waals surface area (Å²) in [6.45, 7) is 1.84. The molecule has 7 nitrogen and oxygen atoms in total. The van der Waals surface area contributed by atoms with Crippen LogP contribution in [-0.4, -0.2) is 32.9 Å². The third-order valence-corrected chi connectivity index (χ3v) is 3.36. The second-order valence-corrected chi connectivity index (χ2v) is 5.46. The Bertz CT molecular complexity index is 784. The van der Waals surface area contributed by atoms with Crippen molar-refractivity contribution in [3.8, 4) is 23.0 Å². The lowest BCUT2D eigenvalue weighted by Gasteiger charge is -2.05. The summed E-state index contributed by atoms with van der Waals surface area (Å²) in [5, 5.41) is 12.9. The number of hydrogen-bond acceptors (Lipinski definition) is 7. The molecule has 0 amide bonds. The van der Waals surface area contributed by atoms with Gasteiger partial charge in [0.25, 0.3) is 0 Å². The van der Waals surface area contributed by atoms with Crippen molar-refractivity contribution in [3.63, 3.8) is 0 Å². The second-order valence-electron chi connectivity index (χ2n) is 5.46. The van der Waals surface area contributed by atoms with Crippen molar-refractivity contribution in [2.24, 2.45) is 5.73 Å². The van der Waals surface area contributed by atoms with Crippen LogP contribution in [-0.2, 0) is 6.42 Å². The van der Waals surface area contributed by atoms with Crippen molar-refractivity contribution >= 4 is 0 Å². The summed E-state index contributed by atoms with van der Waals surface area (Å²) in [6.07, 6.45) is 2.09. The van der Waals surface area contributed by atoms with Gasteiger partial charge in [-0.1, -0.05) is 11.2 Å². The molecule has 7 heteroatoms. The predicted octanol–water partition coefficient (Wildman–Crippen LogP) is 2.09. The van der Waals surface area contributed by atoms with E-state index in [9.17, 15) is 0 Å². The number of nitrogens with zero attached hydrogens (tertiary/aromatic N) is 3. The van der Waals surface area contributed by atoms with E-state index in [1.807, 2.05) is 43.3 Å². The summed E-state index contributed by atoms with van der Waals surface area (Å²) >= 11 is 0. The lowest BCUT2D eigenvalue weighted by Crippen LogP contribution is -2.26. The smallest absolute Gasteiger partial charge is 0.228 e. The minimum atomic E-state index is -0.406. The van der Waals surface area contributed by atoms with Crippen molar-refractivity contribution in [2.75, 3.05) is 6.61 Å². The zero-order valence-electron chi connectivity index (χ0n) is 13.2. The maximum atomic E-state index is 8.95. The third kappa shape index (κ3) is 3.95. The lowest BCUT2D eigenvalue weighted by atomic mass is 10.2. The van der Waals surface area contributed by atoms with Crippen LogP contribution in [0.3, 0.4) is 0 Å². The molecule has 0 saturated heterocycles. The fourth-order valence-electron chi connectivity index (χ4n) is 2.05. The molecule has 3 rings (SSSR count). The Morgan fingerprint density at radius 3 is 2.67 bits per heavy atom. The summed E-state index contributed by atoms with van der Waals surface area (Å²) in [5.41, 5.74) is 7.53. The predicted molar refractivity (Wildman–Crippen MR) is 87.5 cm³/mol. The maximum Gasteiger partial charge on any atom is 0.228 e. The van der Waals surface area contributed by atoms with Gasteiger partial charge in [-0.25, -0.2) is 4.98 Å². The standard InChI is InChI=1S/C17H18N4O3/c1-11-2-7-15(19-9-11)23-14-5-3-12(4-6-14)17-20-16(24-21-17)8-13(18)10-22/h2-7,9,13,22H,8,10,18H2,1H3/t13-/m0/s1. The van der Waals surface area contributed by atoms with Crippen molar-refractivity contribution in [3.05, 3.63) is 54.0 Å². The minimum Gasteiger partial charge on any atom is -0.439 e. The Balaban J connectivity index is 1.69. The van der Waals surface area contributed by atoms with Gasteiger partial charge in [-0.3, -0.25) is 0 Å². The maximum absolute atomic E-state index is 8.95. The number of pyridine rings is 1. The minimum absolute atomic E-state index is 0.128. The van der Waals surface area contributed by atoms with E-state index >= 15 is 0 Å². The molecule has 0 aliphatic heterocycles. The Labute approximate surface area is 139 Å². The molecule has 124 valence electrons. The molecule has 0 unspecified atom stereocenters. The molecule has 1 aromatic carbocycles. The number of aliphatic hydroxyl groups excluding tert-OH is 1. The quantitative estimate of drug-likeness (QED) is 0.714. The molecule has 0 bridgehead atoms. The highest BCUT2D eigenvalue weighted by Gasteiger charge is 2.12. The van der Waals surface area contributed by atoms with Crippen LogP contribution >= 0.6 is 0 Å². The molecule has 24 heavy (non-hydrogen) atoms. The second kappa shape index (κ2) is 7.20. The fourth-order valence-corrected chi connectivity index (χ4v) is 2.05. The van der Waals surface area contributed by atoms with E-state index < -0.39 is 6.04 Å². The van der Waals surface area contributed by atoms with Gasteiger partial charge in [0.1, 0.15) is 5.75 Å². The highest BCUT2D eigenvalue weighted by atomic mass is 16.5. The van der Waals surface area contributed by atoms with Gasteiger partial charge in [-0.15, -0.1) is 0 Å². The van der Waals surface area contributed by atoms with Gasteiger partial charge in [0.15, 0.2) is 0 Å². The highest BCUT2D eigenvalue weighted by molar-refractivity contribution is 5.55. The Morgan fingerprint density at radius 1 is 1.21 bits per heavy atom. The molecule has 0 radical (unpaired) electrons. The monoisotopic (exact) mass is 326 g/mol. The highest BCUT2D eigenvalue weighted by Crippen LogP contribution is 2.23. The van der Waals surface area contributed by atoms with Crippen molar-refractivity contribution in [2.45, 2.75) is 19.4 Å². The van der Waals surface area contributed by atoms with Gasteiger partial charge in [-0.05, 0) is 36.8 Å². The van der Waals surface area contributed by atoms with Gasteiger partial charge in [0.05, 0.1) is 6.61 Å². The van der Waals surface area contributed by atoms with E-state index in [0.29, 0.717) is 29.8 Å². The topological polar surface area (TPSA) is 107 Å². The number of hydrogen-bond donors (Lipinski definition) is 2. The summed E-state index contributed by atoms with van der Waals surface area (Å²) < 4.78 is 10.8. The molecule has 3 N–H and O–H groups in total. The van der Waals surface area contributed by atoms with E-state index in [2.05, 4.69) is 15.1 Å². The van der Waals surface area contributed by atoms with Crippen molar-refractivity contribution in [1.29, 1.82) is 0 Å². The fraction of sp³-hybridized carbons (Fsp3) is 0.235. The van der Waals surface area contributed by atoms with Crippen LogP contribution < -0.4 is 10.5 Å². The van der Waals surface area contributed by atoms with Gasteiger partial charge >= 0.3 is 0 Å². The average Bonchev–Trinajstić information content (AvgIpc) is 3.06. The Kier molecular flexibility index (Phi) is 4.83. The molecular formula is C17H18N4O3.